The Labute approximate surface area is 175 Å². The molecule has 2 saturated carbocycles. The van der Waals surface area contributed by atoms with E-state index in [9.17, 15) is 4.79 Å². The molecule has 5 nitrogen and oxygen atoms in total. The van der Waals surface area contributed by atoms with Crippen LogP contribution in [0, 0.1) is 0 Å². The predicted molar refractivity (Wildman–Crippen MR) is 117 cm³/mol. The molecule has 29 heavy (non-hydrogen) atoms. The molecule has 5 rings (SSSR count). The number of rotatable bonds is 6. The fourth-order valence-electron chi connectivity index (χ4n) is 4.33. The van der Waals surface area contributed by atoms with Gasteiger partial charge in [-0.3, -0.25) is 4.40 Å². The number of imidazole rings is 1. The first-order chi connectivity index (χ1) is 14.3. The van der Waals surface area contributed by atoms with E-state index in [2.05, 4.69) is 38.3 Å². The van der Waals surface area contributed by atoms with Gasteiger partial charge in [0.1, 0.15) is 0 Å². The summed E-state index contributed by atoms with van der Waals surface area (Å²) in [5, 5.41) is 5.49. The van der Waals surface area contributed by atoms with Crippen molar-refractivity contribution in [1.29, 1.82) is 0 Å². The average molecular weight is 409 g/mol. The molecular formula is C23H28N4OS. The van der Waals surface area contributed by atoms with E-state index in [1.54, 1.807) is 11.3 Å². The van der Waals surface area contributed by atoms with E-state index in [0.717, 1.165) is 54.9 Å². The number of fused-ring (bicyclic) bond motifs is 1. The molecular weight excluding hydrogens is 380 g/mol. The fourth-order valence-corrected chi connectivity index (χ4v) is 5.24. The lowest BCUT2D eigenvalue weighted by molar-refractivity contribution is 0.187. The number of carbonyl (C=O) groups excluding carboxylic acids is 1. The Balaban J connectivity index is 1.27. The maximum absolute atomic E-state index is 12.9. The predicted octanol–water partition coefficient (Wildman–Crippen LogP) is 5.11. The quantitative estimate of drug-likeness (QED) is 0.616. The maximum Gasteiger partial charge on any atom is 0.317 e. The molecule has 2 aromatic heterocycles. The Morgan fingerprint density at radius 3 is 2.69 bits per heavy atom. The van der Waals surface area contributed by atoms with Gasteiger partial charge in [-0.2, -0.15) is 0 Å². The second kappa shape index (κ2) is 8.19. The molecule has 1 aromatic carbocycles. The minimum atomic E-state index is 0.140. The molecule has 0 bridgehead atoms. The number of hydrogen-bond acceptors (Lipinski definition) is 3. The first-order valence-electron chi connectivity index (χ1n) is 10.9. The minimum absolute atomic E-state index is 0.140. The highest BCUT2D eigenvalue weighted by Crippen LogP contribution is 2.29. The van der Waals surface area contributed by atoms with Crippen LogP contribution in [0.4, 0.5) is 4.79 Å². The van der Waals surface area contributed by atoms with Crippen molar-refractivity contribution in [2.75, 3.05) is 6.54 Å². The first kappa shape index (κ1) is 18.7. The first-order valence-corrected chi connectivity index (χ1v) is 11.7. The van der Waals surface area contributed by atoms with E-state index in [4.69, 9.17) is 4.98 Å². The van der Waals surface area contributed by atoms with Crippen LogP contribution < -0.4 is 5.32 Å². The van der Waals surface area contributed by atoms with Crippen molar-refractivity contribution < 1.29 is 4.79 Å². The van der Waals surface area contributed by atoms with Crippen molar-refractivity contribution in [2.45, 2.75) is 63.5 Å². The number of hydrogen-bond donors (Lipinski definition) is 1. The van der Waals surface area contributed by atoms with Crippen LogP contribution in [0.15, 0.2) is 41.9 Å². The van der Waals surface area contributed by atoms with Gasteiger partial charge in [0.2, 0.25) is 0 Å². The normalized spacial score (nSPS) is 17.5. The second-order valence-electron chi connectivity index (χ2n) is 8.33. The summed E-state index contributed by atoms with van der Waals surface area (Å²) in [6.45, 7) is 0.772. The Kier molecular flexibility index (Phi) is 5.27. The SMILES string of the molecule is O=C(NC1CCCCC1)N(CCc1csc2nc(-c3ccccc3)cn12)C1CC1. The standard InChI is InChI=1S/C23H28N4OS/c28-22(24-18-9-5-2-6-10-18)26(19-11-12-19)14-13-20-16-29-23-25-21(15-27(20)23)17-7-3-1-4-8-17/h1,3-4,7-8,15-16,18-19H,2,5-6,9-14H2,(H,24,28). The van der Waals surface area contributed by atoms with E-state index >= 15 is 0 Å². The van der Waals surface area contributed by atoms with Gasteiger partial charge >= 0.3 is 6.03 Å². The molecule has 0 saturated heterocycles. The number of aromatic nitrogens is 2. The summed E-state index contributed by atoms with van der Waals surface area (Å²) in [7, 11) is 0. The molecule has 2 fully saturated rings. The lowest BCUT2D eigenvalue weighted by Gasteiger charge is -2.28. The van der Waals surface area contributed by atoms with Gasteiger partial charge in [-0.15, -0.1) is 11.3 Å². The Morgan fingerprint density at radius 2 is 1.93 bits per heavy atom. The lowest BCUT2D eigenvalue weighted by atomic mass is 9.96. The topological polar surface area (TPSA) is 49.6 Å². The van der Waals surface area contributed by atoms with Crippen LogP contribution in [0.3, 0.4) is 0 Å². The van der Waals surface area contributed by atoms with Crippen molar-refractivity contribution >= 4 is 22.3 Å². The summed E-state index contributed by atoms with van der Waals surface area (Å²) in [6, 6.07) is 11.2. The highest BCUT2D eigenvalue weighted by Gasteiger charge is 2.33. The fraction of sp³-hybridized carbons (Fsp3) is 0.478. The van der Waals surface area contributed by atoms with Crippen LogP contribution in [-0.4, -0.2) is 38.9 Å². The molecule has 1 N–H and O–H groups in total. The number of amides is 2. The van der Waals surface area contributed by atoms with Crippen LogP contribution >= 0.6 is 11.3 Å². The molecule has 2 aliphatic rings. The Bertz CT molecular complexity index is 969. The number of nitrogens with zero attached hydrogens (tertiary/aromatic N) is 3. The second-order valence-corrected chi connectivity index (χ2v) is 9.17. The van der Waals surface area contributed by atoms with Gasteiger partial charge in [0.25, 0.3) is 0 Å². The number of carbonyl (C=O) groups is 1. The molecule has 0 radical (unpaired) electrons. The molecule has 0 aliphatic heterocycles. The molecule has 0 atom stereocenters. The summed E-state index contributed by atoms with van der Waals surface area (Å²) >= 11 is 1.67. The highest BCUT2D eigenvalue weighted by molar-refractivity contribution is 7.15. The van der Waals surface area contributed by atoms with Crippen LogP contribution in [0.1, 0.15) is 50.6 Å². The average Bonchev–Trinajstić information content (AvgIpc) is 3.38. The summed E-state index contributed by atoms with van der Waals surface area (Å²) in [4.78, 5) is 20.8. The molecule has 2 heterocycles. The van der Waals surface area contributed by atoms with E-state index < -0.39 is 0 Å². The van der Waals surface area contributed by atoms with Gasteiger partial charge in [0, 0.05) is 47.9 Å². The Morgan fingerprint density at radius 1 is 1.14 bits per heavy atom. The Hall–Kier alpha value is -2.34. The third-order valence-corrected chi connectivity index (χ3v) is 7.03. The van der Waals surface area contributed by atoms with Crippen LogP contribution in [0.2, 0.25) is 0 Å². The van der Waals surface area contributed by atoms with Crippen LogP contribution in [-0.2, 0) is 6.42 Å². The zero-order valence-corrected chi connectivity index (χ0v) is 17.5. The van der Waals surface area contributed by atoms with Gasteiger partial charge in [-0.25, -0.2) is 9.78 Å². The number of benzene rings is 1. The van der Waals surface area contributed by atoms with E-state index in [-0.39, 0.29) is 6.03 Å². The molecule has 0 unspecified atom stereocenters. The van der Waals surface area contributed by atoms with Crippen molar-refractivity contribution in [2.24, 2.45) is 0 Å². The summed E-state index contributed by atoms with van der Waals surface area (Å²) in [5.41, 5.74) is 3.38. The third-order valence-electron chi connectivity index (χ3n) is 6.14. The van der Waals surface area contributed by atoms with Gasteiger partial charge in [-0.05, 0) is 25.7 Å². The smallest absolute Gasteiger partial charge is 0.317 e. The minimum Gasteiger partial charge on any atom is -0.335 e. The summed E-state index contributed by atoms with van der Waals surface area (Å²) < 4.78 is 2.19. The number of thiazole rings is 1. The van der Waals surface area contributed by atoms with E-state index in [0.29, 0.717) is 12.1 Å². The van der Waals surface area contributed by atoms with Crippen molar-refractivity contribution in [1.82, 2.24) is 19.6 Å². The summed E-state index contributed by atoms with van der Waals surface area (Å²) in [5.74, 6) is 0. The van der Waals surface area contributed by atoms with Crippen molar-refractivity contribution in [3.8, 4) is 11.3 Å². The lowest BCUT2D eigenvalue weighted by Crippen LogP contribution is -2.47. The molecule has 6 heteroatoms. The van der Waals surface area contributed by atoms with Gasteiger partial charge < -0.3 is 10.2 Å². The maximum atomic E-state index is 12.9. The zero-order valence-electron chi connectivity index (χ0n) is 16.7. The van der Waals surface area contributed by atoms with Crippen LogP contribution in [0.5, 0.6) is 0 Å². The summed E-state index contributed by atoms with van der Waals surface area (Å²) in [6.07, 6.45) is 11.3. The van der Waals surface area contributed by atoms with Gasteiger partial charge in [-0.1, -0.05) is 49.6 Å². The molecule has 152 valence electrons. The molecule has 3 aromatic rings. The number of urea groups is 1. The third kappa shape index (κ3) is 4.17. The zero-order chi connectivity index (χ0) is 19.6. The van der Waals surface area contributed by atoms with E-state index in [1.165, 1.54) is 25.0 Å². The van der Waals surface area contributed by atoms with Crippen molar-refractivity contribution in [3.63, 3.8) is 0 Å². The highest BCUT2D eigenvalue weighted by atomic mass is 32.1. The van der Waals surface area contributed by atoms with Crippen LogP contribution in [0.25, 0.3) is 16.2 Å². The molecule has 0 spiro atoms. The van der Waals surface area contributed by atoms with Gasteiger partial charge in [0.05, 0.1) is 5.69 Å². The molecule has 2 aliphatic carbocycles. The van der Waals surface area contributed by atoms with Gasteiger partial charge in [0.15, 0.2) is 4.96 Å². The van der Waals surface area contributed by atoms with Crippen molar-refractivity contribution in [3.05, 3.63) is 47.6 Å². The monoisotopic (exact) mass is 408 g/mol. The largest absolute Gasteiger partial charge is 0.335 e. The van der Waals surface area contributed by atoms with E-state index in [1.807, 2.05) is 18.2 Å². The molecule has 2 amide bonds. The number of nitrogens with one attached hydrogen (secondary N) is 1.